The van der Waals surface area contributed by atoms with Gasteiger partial charge in [0.05, 0.1) is 17.3 Å². The molecule has 90 valence electrons. The molecule has 1 N–H and O–H groups in total. The van der Waals surface area contributed by atoms with Crippen LogP contribution in [0.2, 0.25) is 10.0 Å². The number of nitrogens with zero attached hydrogens (tertiary/aromatic N) is 2. The van der Waals surface area contributed by atoms with Gasteiger partial charge in [-0.2, -0.15) is 4.98 Å². The topological polar surface area (TPSA) is 51.0 Å². The standard InChI is InChI=1S/C11H11Cl2N3O/c1-2-10-15-11(17-16-10)6-14-9-5-7(12)3-4-8(9)13/h3-5,14H,2,6H2,1H3. The summed E-state index contributed by atoms with van der Waals surface area (Å²) in [6.45, 7) is 2.39. The number of anilines is 1. The highest BCUT2D eigenvalue weighted by Crippen LogP contribution is 2.25. The van der Waals surface area contributed by atoms with Crippen molar-refractivity contribution in [2.45, 2.75) is 19.9 Å². The van der Waals surface area contributed by atoms with E-state index in [1.807, 2.05) is 6.92 Å². The highest BCUT2D eigenvalue weighted by molar-refractivity contribution is 6.35. The Morgan fingerprint density at radius 1 is 1.35 bits per heavy atom. The molecule has 0 bridgehead atoms. The van der Waals surface area contributed by atoms with E-state index in [9.17, 15) is 0 Å². The zero-order chi connectivity index (χ0) is 12.3. The van der Waals surface area contributed by atoms with E-state index >= 15 is 0 Å². The minimum atomic E-state index is 0.424. The number of aromatic nitrogens is 2. The van der Waals surface area contributed by atoms with Crippen molar-refractivity contribution in [3.63, 3.8) is 0 Å². The Morgan fingerprint density at radius 3 is 2.88 bits per heavy atom. The Labute approximate surface area is 109 Å². The van der Waals surface area contributed by atoms with Crippen molar-refractivity contribution in [2.24, 2.45) is 0 Å². The average molecular weight is 272 g/mol. The molecular weight excluding hydrogens is 261 g/mol. The van der Waals surface area contributed by atoms with Crippen LogP contribution in [-0.4, -0.2) is 10.1 Å². The number of rotatable bonds is 4. The van der Waals surface area contributed by atoms with Gasteiger partial charge in [-0.3, -0.25) is 0 Å². The maximum atomic E-state index is 6.01. The third-order valence-electron chi connectivity index (χ3n) is 2.18. The molecule has 2 rings (SSSR count). The second-order valence-electron chi connectivity index (χ2n) is 3.44. The summed E-state index contributed by atoms with van der Waals surface area (Å²) in [6.07, 6.45) is 0.751. The Morgan fingerprint density at radius 2 is 2.18 bits per heavy atom. The van der Waals surface area contributed by atoms with Gasteiger partial charge >= 0.3 is 0 Å². The molecule has 6 heteroatoms. The molecule has 1 aromatic heterocycles. The molecule has 1 aromatic carbocycles. The van der Waals surface area contributed by atoms with Crippen molar-refractivity contribution in [3.8, 4) is 0 Å². The highest BCUT2D eigenvalue weighted by atomic mass is 35.5. The van der Waals surface area contributed by atoms with Crippen molar-refractivity contribution in [3.05, 3.63) is 40.0 Å². The van der Waals surface area contributed by atoms with Gasteiger partial charge in [0.25, 0.3) is 0 Å². The van der Waals surface area contributed by atoms with E-state index in [2.05, 4.69) is 15.5 Å². The molecule has 0 spiro atoms. The summed E-state index contributed by atoms with van der Waals surface area (Å²) in [4.78, 5) is 4.18. The van der Waals surface area contributed by atoms with Gasteiger partial charge in [-0.15, -0.1) is 0 Å². The predicted molar refractivity (Wildman–Crippen MR) is 67.5 cm³/mol. The lowest BCUT2D eigenvalue weighted by Crippen LogP contribution is -2.00. The molecule has 0 saturated heterocycles. The van der Waals surface area contributed by atoms with Gasteiger partial charge in [-0.05, 0) is 18.2 Å². The van der Waals surface area contributed by atoms with E-state index in [1.54, 1.807) is 18.2 Å². The van der Waals surface area contributed by atoms with Crippen molar-refractivity contribution in [1.82, 2.24) is 10.1 Å². The Balaban J connectivity index is 2.04. The first kappa shape index (κ1) is 12.2. The minimum absolute atomic E-state index is 0.424. The van der Waals surface area contributed by atoms with Gasteiger partial charge in [0, 0.05) is 11.4 Å². The molecule has 0 saturated carbocycles. The van der Waals surface area contributed by atoms with Crippen LogP contribution in [0.15, 0.2) is 22.7 Å². The maximum absolute atomic E-state index is 6.01. The molecule has 17 heavy (non-hydrogen) atoms. The largest absolute Gasteiger partial charge is 0.375 e. The first-order valence-electron chi connectivity index (χ1n) is 5.19. The van der Waals surface area contributed by atoms with Gasteiger partial charge < -0.3 is 9.84 Å². The van der Waals surface area contributed by atoms with Gasteiger partial charge in [0.1, 0.15) is 0 Å². The fourth-order valence-electron chi connectivity index (χ4n) is 1.31. The first-order valence-corrected chi connectivity index (χ1v) is 5.95. The average Bonchev–Trinajstić information content (AvgIpc) is 2.78. The predicted octanol–water partition coefficient (Wildman–Crippen LogP) is 3.55. The summed E-state index contributed by atoms with van der Waals surface area (Å²) in [5, 5.41) is 8.12. The second-order valence-corrected chi connectivity index (χ2v) is 4.28. The summed E-state index contributed by atoms with van der Waals surface area (Å²) >= 11 is 11.9. The van der Waals surface area contributed by atoms with Gasteiger partial charge in [0.15, 0.2) is 5.82 Å². The molecule has 0 radical (unpaired) electrons. The van der Waals surface area contributed by atoms with Crippen LogP contribution < -0.4 is 5.32 Å². The minimum Gasteiger partial charge on any atom is -0.375 e. The SMILES string of the molecule is CCc1noc(CNc2cc(Cl)ccc2Cl)n1. The normalized spacial score (nSPS) is 10.5. The molecule has 0 unspecified atom stereocenters. The lowest BCUT2D eigenvalue weighted by molar-refractivity contribution is 0.378. The summed E-state index contributed by atoms with van der Waals surface area (Å²) in [6, 6.07) is 5.22. The van der Waals surface area contributed by atoms with E-state index in [-0.39, 0.29) is 0 Å². The fraction of sp³-hybridized carbons (Fsp3) is 0.273. The number of benzene rings is 1. The first-order chi connectivity index (χ1) is 8.19. The van der Waals surface area contributed by atoms with Crippen LogP contribution in [0.4, 0.5) is 5.69 Å². The molecule has 2 aromatic rings. The lowest BCUT2D eigenvalue weighted by Gasteiger charge is -2.05. The number of nitrogens with one attached hydrogen (secondary N) is 1. The Kier molecular flexibility index (Phi) is 3.86. The molecule has 0 fully saturated rings. The van der Waals surface area contributed by atoms with E-state index < -0.39 is 0 Å². The molecule has 0 aliphatic heterocycles. The second kappa shape index (κ2) is 5.38. The molecule has 4 nitrogen and oxygen atoms in total. The van der Waals surface area contributed by atoms with E-state index in [4.69, 9.17) is 27.7 Å². The van der Waals surface area contributed by atoms with Crippen LogP contribution in [-0.2, 0) is 13.0 Å². The van der Waals surface area contributed by atoms with Gasteiger partial charge in [-0.1, -0.05) is 35.3 Å². The van der Waals surface area contributed by atoms with E-state index in [0.29, 0.717) is 28.3 Å². The van der Waals surface area contributed by atoms with Crippen LogP contribution in [0, 0.1) is 0 Å². The van der Waals surface area contributed by atoms with Crippen molar-refractivity contribution in [2.75, 3.05) is 5.32 Å². The lowest BCUT2D eigenvalue weighted by atomic mass is 10.3. The molecule has 0 amide bonds. The van der Waals surface area contributed by atoms with Crippen LogP contribution in [0.5, 0.6) is 0 Å². The quantitative estimate of drug-likeness (QED) is 0.924. The zero-order valence-electron chi connectivity index (χ0n) is 9.20. The summed E-state index contributed by atoms with van der Waals surface area (Å²) < 4.78 is 5.05. The Bertz CT molecular complexity index is 513. The molecule has 1 heterocycles. The summed E-state index contributed by atoms with van der Waals surface area (Å²) in [5.74, 6) is 1.22. The van der Waals surface area contributed by atoms with Crippen LogP contribution in [0.25, 0.3) is 0 Å². The van der Waals surface area contributed by atoms with E-state index in [1.165, 1.54) is 0 Å². The Hall–Kier alpha value is -1.26. The van der Waals surface area contributed by atoms with Gasteiger partial charge in [0.2, 0.25) is 5.89 Å². The maximum Gasteiger partial charge on any atom is 0.245 e. The summed E-state index contributed by atoms with van der Waals surface area (Å²) in [7, 11) is 0. The molecule has 0 aliphatic carbocycles. The smallest absolute Gasteiger partial charge is 0.245 e. The third kappa shape index (κ3) is 3.11. The molecule has 0 atom stereocenters. The zero-order valence-corrected chi connectivity index (χ0v) is 10.7. The molecular formula is C11H11Cl2N3O. The van der Waals surface area contributed by atoms with E-state index in [0.717, 1.165) is 12.1 Å². The van der Waals surface area contributed by atoms with Crippen molar-refractivity contribution in [1.29, 1.82) is 0 Å². The number of hydrogen-bond acceptors (Lipinski definition) is 4. The number of hydrogen-bond donors (Lipinski definition) is 1. The molecule has 0 aliphatic rings. The number of aryl methyl sites for hydroxylation is 1. The van der Waals surface area contributed by atoms with Crippen molar-refractivity contribution < 1.29 is 4.52 Å². The summed E-state index contributed by atoms with van der Waals surface area (Å²) in [5.41, 5.74) is 0.746. The highest BCUT2D eigenvalue weighted by Gasteiger charge is 2.06. The van der Waals surface area contributed by atoms with Crippen LogP contribution in [0.3, 0.4) is 0 Å². The van der Waals surface area contributed by atoms with Crippen LogP contribution in [0.1, 0.15) is 18.6 Å². The number of halogens is 2. The third-order valence-corrected chi connectivity index (χ3v) is 2.75. The van der Waals surface area contributed by atoms with Crippen LogP contribution >= 0.6 is 23.2 Å². The van der Waals surface area contributed by atoms with Gasteiger partial charge in [-0.25, -0.2) is 0 Å². The monoisotopic (exact) mass is 271 g/mol. The fourth-order valence-corrected chi connectivity index (χ4v) is 1.67. The van der Waals surface area contributed by atoms with Crippen molar-refractivity contribution >= 4 is 28.9 Å².